The molecule has 2 heteroatoms. The first-order valence-electron chi connectivity index (χ1n) is 7.67. The average Bonchev–Trinajstić information content (AvgIpc) is 2.43. The normalized spacial score (nSPS) is 20.3. The molecule has 0 aliphatic heterocycles. The topological polar surface area (TPSA) is 34.1 Å². The van der Waals surface area contributed by atoms with Crippen molar-refractivity contribution >= 4 is 12.1 Å². The standard InChI is InChI=1S/C20H26O2/c1-15(7-6-8-16(2)13-14-21)9-11-18-17(3)10-12-19(22)20(18,4)5/h6-9,11,13-14H,10,12H2,1-5H3. The second-order valence-corrected chi connectivity index (χ2v) is 6.39. The van der Waals surface area contributed by atoms with E-state index in [0.717, 1.165) is 29.4 Å². The number of rotatable bonds is 5. The summed E-state index contributed by atoms with van der Waals surface area (Å²) >= 11 is 0. The van der Waals surface area contributed by atoms with Crippen molar-refractivity contribution in [3.05, 3.63) is 58.7 Å². The van der Waals surface area contributed by atoms with Crippen molar-refractivity contribution in [2.24, 2.45) is 5.41 Å². The highest BCUT2D eigenvalue weighted by molar-refractivity contribution is 5.89. The maximum Gasteiger partial charge on any atom is 0.143 e. The van der Waals surface area contributed by atoms with Gasteiger partial charge in [0.05, 0.1) is 0 Å². The summed E-state index contributed by atoms with van der Waals surface area (Å²) in [6.45, 7) is 10.0. The zero-order chi connectivity index (χ0) is 16.8. The van der Waals surface area contributed by atoms with Gasteiger partial charge in [0.1, 0.15) is 12.1 Å². The second-order valence-electron chi connectivity index (χ2n) is 6.39. The first-order valence-corrected chi connectivity index (χ1v) is 7.67. The molecular formula is C20H26O2. The highest BCUT2D eigenvalue weighted by Crippen LogP contribution is 2.38. The Morgan fingerprint density at radius 3 is 2.32 bits per heavy atom. The lowest BCUT2D eigenvalue weighted by molar-refractivity contribution is -0.125. The van der Waals surface area contributed by atoms with Crippen LogP contribution in [0.2, 0.25) is 0 Å². The Hall–Kier alpha value is -1.96. The maximum absolute atomic E-state index is 12.1. The molecule has 2 nitrogen and oxygen atoms in total. The van der Waals surface area contributed by atoms with Crippen LogP contribution in [0.5, 0.6) is 0 Å². The summed E-state index contributed by atoms with van der Waals surface area (Å²) in [4.78, 5) is 22.4. The van der Waals surface area contributed by atoms with Crippen molar-refractivity contribution in [2.75, 3.05) is 0 Å². The van der Waals surface area contributed by atoms with Gasteiger partial charge >= 0.3 is 0 Å². The molecule has 0 heterocycles. The smallest absolute Gasteiger partial charge is 0.143 e. The minimum atomic E-state index is -0.391. The van der Waals surface area contributed by atoms with Gasteiger partial charge in [-0.05, 0) is 58.3 Å². The number of Topliss-reactive ketones (excluding diaryl/α,β-unsaturated/α-hetero) is 1. The summed E-state index contributed by atoms with van der Waals surface area (Å²) in [7, 11) is 0. The molecule has 0 radical (unpaired) electrons. The fraction of sp³-hybridized carbons (Fsp3) is 0.400. The van der Waals surface area contributed by atoms with Crippen LogP contribution in [-0.2, 0) is 9.59 Å². The third-order valence-electron chi connectivity index (χ3n) is 4.12. The number of ketones is 1. The van der Waals surface area contributed by atoms with E-state index in [9.17, 15) is 9.59 Å². The molecule has 0 unspecified atom stereocenters. The van der Waals surface area contributed by atoms with E-state index in [2.05, 4.69) is 13.0 Å². The van der Waals surface area contributed by atoms with Gasteiger partial charge in [0, 0.05) is 11.8 Å². The lowest BCUT2D eigenvalue weighted by Crippen LogP contribution is -2.30. The zero-order valence-corrected chi connectivity index (χ0v) is 14.3. The average molecular weight is 298 g/mol. The van der Waals surface area contributed by atoms with Crippen molar-refractivity contribution in [2.45, 2.75) is 47.5 Å². The van der Waals surface area contributed by atoms with Gasteiger partial charge in [-0.2, -0.15) is 0 Å². The van der Waals surface area contributed by atoms with Gasteiger partial charge in [-0.15, -0.1) is 0 Å². The molecule has 0 saturated heterocycles. The molecule has 0 aromatic carbocycles. The number of allylic oxidation sites excluding steroid dienone is 10. The van der Waals surface area contributed by atoms with Crippen LogP contribution in [-0.4, -0.2) is 12.1 Å². The van der Waals surface area contributed by atoms with Gasteiger partial charge in [0.25, 0.3) is 0 Å². The van der Waals surface area contributed by atoms with E-state index in [4.69, 9.17) is 0 Å². The molecule has 0 aromatic heterocycles. The maximum atomic E-state index is 12.1. The van der Waals surface area contributed by atoms with E-state index in [-0.39, 0.29) is 0 Å². The number of carbonyl (C=O) groups excluding carboxylic acids is 2. The quantitative estimate of drug-likeness (QED) is 0.411. The lowest BCUT2D eigenvalue weighted by atomic mass is 9.71. The Bertz CT molecular complexity index is 593. The highest BCUT2D eigenvalue weighted by atomic mass is 16.1. The van der Waals surface area contributed by atoms with Crippen LogP contribution in [0.25, 0.3) is 0 Å². The van der Waals surface area contributed by atoms with Crippen LogP contribution in [0.3, 0.4) is 0 Å². The van der Waals surface area contributed by atoms with Crippen molar-refractivity contribution in [1.82, 2.24) is 0 Å². The van der Waals surface area contributed by atoms with Crippen LogP contribution < -0.4 is 0 Å². The molecule has 1 aliphatic rings. The Morgan fingerprint density at radius 2 is 1.68 bits per heavy atom. The molecule has 0 saturated carbocycles. The van der Waals surface area contributed by atoms with Crippen molar-refractivity contribution in [1.29, 1.82) is 0 Å². The second kappa shape index (κ2) is 7.88. The van der Waals surface area contributed by atoms with E-state index >= 15 is 0 Å². The number of hydrogen-bond donors (Lipinski definition) is 0. The van der Waals surface area contributed by atoms with E-state index in [1.54, 1.807) is 0 Å². The molecule has 22 heavy (non-hydrogen) atoms. The Labute approximate surface area is 134 Å². The molecule has 118 valence electrons. The van der Waals surface area contributed by atoms with E-state index in [1.165, 1.54) is 11.6 Å². The monoisotopic (exact) mass is 298 g/mol. The van der Waals surface area contributed by atoms with Crippen LogP contribution >= 0.6 is 0 Å². The van der Waals surface area contributed by atoms with Crippen LogP contribution in [0, 0.1) is 5.41 Å². The summed E-state index contributed by atoms with van der Waals surface area (Å²) in [5, 5.41) is 0. The van der Waals surface area contributed by atoms with Crippen LogP contribution in [0.15, 0.2) is 58.7 Å². The highest BCUT2D eigenvalue weighted by Gasteiger charge is 2.34. The first kappa shape index (κ1) is 18.1. The molecular weight excluding hydrogens is 272 g/mol. The van der Waals surface area contributed by atoms with Crippen molar-refractivity contribution < 1.29 is 9.59 Å². The summed E-state index contributed by atoms with van der Waals surface area (Å²) in [6.07, 6.45) is 13.7. The predicted octanol–water partition coefficient (Wildman–Crippen LogP) is 4.90. The minimum Gasteiger partial charge on any atom is -0.299 e. The third-order valence-corrected chi connectivity index (χ3v) is 4.12. The van der Waals surface area contributed by atoms with Crippen molar-refractivity contribution in [3.8, 4) is 0 Å². The lowest BCUT2D eigenvalue weighted by Gasteiger charge is -2.31. The van der Waals surface area contributed by atoms with Gasteiger partial charge < -0.3 is 0 Å². The number of aldehydes is 1. The molecule has 0 N–H and O–H groups in total. The van der Waals surface area contributed by atoms with Crippen molar-refractivity contribution in [3.63, 3.8) is 0 Å². The minimum absolute atomic E-state index is 0.314. The Morgan fingerprint density at radius 1 is 1.05 bits per heavy atom. The molecule has 1 rings (SSSR count). The van der Waals surface area contributed by atoms with Gasteiger partial charge in [0.15, 0.2) is 0 Å². The van der Waals surface area contributed by atoms with Crippen LogP contribution in [0.4, 0.5) is 0 Å². The zero-order valence-electron chi connectivity index (χ0n) is 14.3. The summed E-state index contributed by atoms with van der Waals surface area (Å²) in [5.74, 6) is 0.314. The Kier molecular flexibility index (Phi) is 6.48. The van der Waals surface area contributed by atoms with Gasteiger partial charge in [0.2, 0.25) is 0 Å². The molecule has 1 aliphatic carbocycles. The van der Waals surface area contributed by atoms with E-state index in [1.807, 2.05) is 52.0 Å². The molecule has 0 spiro atoms. The summed E-state index contributed by atoms with van der Waals surface area (Å²) < 4.78 is 0. The molecule has 0 atom stereocenters. The first-order chi connectivity index (χ1) is 10.3. The van der Waals surface area contributed by atoms with E-state index < -0.39 is 5.41 Å². The predicted molar refractivity (Wildman–Crippen MR) is 92.6 cm³/mol. The third kappa shape index (κ3) is 4.80. The summed E-state index contributed by atoms with van der Waals surface area (Å²) in [5.41, 5.74) is 4.06. The van der Waals surface area contributed by atoms with E-state index in [0.29, 0.717) is 12.2 Å². The molecule has 0 bridgehead atoms. The van der Waals surface area contributed by atoms with Gasteiger partial charge in [-0.25, -0.2) is 0 Å². The van der Waals surface area contributed by atoms with Gasteiger partial charge in [-0.3, -0.25) is 9.59 Å². The Balaban J connectivity index is 2.89. The number of hydrogen-bond acceptors (Lipinski definition) is 2. The largest absolute Gasteiger partial charge is 0.299 e. The fourth-order valence-corrected chi connectivity index (χ4v) is 2.57. The van der Waals surface area contributed by atoms with Gasteiger partial charge in [-0.1, -0.05) is 41.5 Å². The van der Waals surface area contributed by atoms with Crippen LogP contribution in [0.1, 0.15) is 47.5 Å². The summed E-state index contributed by atoms with van der Waals surface area (Å²) in [6, 6.07) is 0. The molecule has 0 amide bonds. The molecule has 0 fully saturated rings. The SMILES string of the molecule is CC(C=CC=C(C)C=CC1=C(C)CCC(=O)C1(C)C)=CC=O. The number of carbonyl (C=O) groups is 2. The molecule has 0 aromatic rings. The fourth-order valence-electron chi connectivity index (χ4n) is 2.57.